The molecule has 2 aromatic carbocycles. The number of pyridine rings is 1. The number of nitrogens with one attached hydrogen (secondary N) is 1. The van der Waals surface area contributed by atoms with Crippen LogP contribution >= 0.6 is 11.6 Å². The number of amides is 1. The van der Waals surface area contributed by atoms with Gasteiger partial charge in [-0.15, -0.1) is 0 Å². The predicted molar refractivity (Wildman–Crippen MR) is 196 cm³/mol. The SMILES string of the molecule is Cn1nc(NS(C)(=O)=O)c2c(Cl)ccc(-c3ccc(C#CC4(O)CC(F)(F)C4)nc3[C@@H](Cc3cccc(F)c3)C(C(N)=O)n3nc(C(F)(F)F)c4c3C(F)(F)[C@@H]3C[C@H]43)c21. The molecule has 3 aliphatic rings. The van der Waals surface area contributed by atoms with Gasteiger partial charge in [0.2, 0.25) is 15.9 Å². The van der Waals surface area contributed by atoms with Gasteiger partial charge in [-0.05, 0) is 60.6 Å². The van der Waals surface area contributed by atoms with E-state index in [9.17, 15) is 44.7 Å². The summed E-state index contributed by atoms with van der Waals surface area (Å²) in [5.41, 5.74) is 0.341. The quantitative estimate of drug-likeness (QED) is 0.109. The van der Waals surface area contributed by atoms with Gasteiger partial charge in [-0.2, -0.15) is 32.1 Å². The van der Waals surface area contributed by atoms with Crippen LogP contribution in [0.1, 0.15) is 71.0 Å². The van der Waals surface area contributed by atoms with Gasteiger partial charge in [0.05, 0.1) is 40.7 Å². The maximum absolute atomic E-state index is 16.1. The third-order valence-electron chi connectivity index (χ3n) is 10.8. The summed E-state index contributed by atoms with van der Waals surface area (Å²) >= 11 is 6.57. The zero-order valence-electron chi connectivity index (χ0n) is 30.6. The number of primary amides is 1. The van der Waals surface area contributed by atoms with E-state index < -0.39 is 105 Å². The number of rotatable bonds is 9. The smallest absolute Gasteiger partial charge is 0.377 e. The largest absolute Gasteiger partial charge is 0.435 e. The van der Waals surface area contributed by atoms with E-state index in [0.29, 0.717) is 0 Å². The molecule has 2 fully saturated rings. The molecule has 0 spiro atoms. The summed E-state index contributed by atoms with van der Waals surface area (Å²) < 4.78 is 147. The highest BCUT2D eigenvalue weighted by atomic mass is 35.5. The fraction of sp³-hybridized carbons (Fsp3) is 0.368. The molecule has 3 aromatic heterocycles. The van der Waals surface area contributed by atoms with E-state index in [0.717, 1.165) is 18.4 Å². The molecule has 310 valence electrons. The Bertz CT molecular complexity index is 2770. The van der Waals surface area contributed by atoms with Crippen LogP contribution in [-0.4, -0.2) is 61.8 Å². The number of hydrogen-bond acceptors (Lipinski definition) is 7. The number of aryl methyl sites for hydroxylation is 1. The van der Waals surface area contributed by atoms with E-state index in [1.807, 2.05) is 0 Å². The minimum absolute atomic E-state index is 0.0180. The molecule has 0 radical (unpaired) electrons. The second-order valence-electron chi connectivity index (χ2n) is 15.2. The van der Waals surface area contributed by atoms with Crippen molar-refractivity contribution in [1.29, 1.82) is 0 Å². The number of halogens is 9. The Hall–Kier alpha value is -5.26. The number of carbonyl (C=O) groups is 1. The molecule has 0 bridgehead atoms. The Kier molecular flexibility index (Phi) is 9.19. The Labute approximate surface area is 334 Å². The molecule has 11 nitrogen and oxygen atoms in total. The van der Waals surface area contributed by atoms with Crippen LogP contribution in [0.4, 0.5) is 40.9 Å². The molecular weight excluding hydrogens is 838 g/mol. The monoisotopic (exact) mass is 867 g/mol. The third kappa shape index (κ3) is 7.16. The van der Waals surface area contributed by atoms with Crippen molar-refractivity contribution in [2.45, 2.75) is 67.2 Å². The van der Waals surface area contributed by atoms with Crippen molar-refractivity contribution in [1.82, 2.24) is 24.5 Å². The molecule has 21 heteroatoms. The fourth-order valence-corrected chi connectivity index (χ4v) is 9.10. The van der Waals surface area contributed by atoms with Gasteiger partial charge in [-0.1, -0.05) is 35.7 Å². The first-order chi connectivity index (χ1) is 27.4. The highest BCUT2D eigenvalue weighted by molar-refractivity contribution is 7.92. The molecule has 5 aromatic rings. The number of carbonyl (C=O) groups excluding carboxylic acids is 1. The molecule has 2 saturated carbocycles. The summed E-state index contributed by atoms with van der Waals surface area (Å²) in [6.45, 7) is 0. The molecule has 59 heavy (non-hydrogen) atoms. The number of anilines is 1. The number of aliphatic hydroxyl groups is 1. The Morgan fingerprint density at radius 3 is 2.42 bits per heavy atom. The van der Waals surface area contributed by atoms with Crippen LogP contribution in [-0.2, 0) is 40.4 Å². The van der Waals surface area contributed by atoms with Crippen LogP contribution in [0.5, 0.6) is 0 Å². The van der Waals surface area contributed by atoms with Crippen molar-refractivity contribution in [2.24, 2.45) is 18.7 Å². The molecule has 1 amide bonds. The minimum Gasteiger partial charge on any atom is -0.377 e. The Morgan fingerprint density at radius 2 is 1.80 bits per heavy atom. The van der Waals surface area contributed by atoms with E-state index in [-0.39, 0.29) is 60.9 Å². The highest BCUT2D eigenvalue weighted by Crippen LogP contribution is 2.69. The average molecular weight is 868 g/mol. The lowest BCUT2D eigenvalue weighted by Gasteiger charge is -2.39. The molecule has 8 rings (SSSR count). The van der Waals surface area contributed by atoms with E-state index in [4.69, 9.17) is 17.3 Å². The van der Waals surface area contributed by atoms with Crippen molar-refractivity contribution in [3.8, 4) is 23.0 Å². The molecular formula is C38H30ClF8N7O4S. The maximum atomic E-state index is 16.1. The zero-order valence-corrected chi connectivity index (χ0v) is 32.1. The van der Waals surface area contributed by atoms with E-state index in [1.165, 1.54) is 48.1 Å². The standard InChI is InChI=1S/C38H30ClF8N7O4S/c1-53-29-21(8-9-25(39)27(29)34(51-53)52-59(2,57)58)20-7-6-19(10-11-35(56)15-36(41,42)16-35)49-28(20)23(13-17-4-3-5-18(40)12-17)30(33(48)55)54-32-26(31(50-54)38(45,46)47)22-14-24(22)37(32,43)44/h3-9,12,22-24,30,56H,13-16H2,1-2H3,(H2,48,55)(H,51,52)/t22-,23+,24+,30?/m0/s1. The minimum atomic E-state index is -5.23. The molecule has 4 atom stereocenters. The molecule has 0 saturated heterocycles. The zero-order chi connectivity index (χ0) is 42.8. The van der Waals surface area contributed by atoms with Crippen molar-refractivity contribution >= 4 is 44.3 Å². The second kappa shape index (κ2) is 13.4. The van der Waals surface area contributed by atoms with Crippen LogP contribution in [0.2, 0.25) is 5.02 Å². The van der Waals surface area contributed by atoms with Gasteiger partial charge in [0.25, 0.3) is 11.8 Å². The maximum Gasteiger partial charge on any atom is 0.435 e. The summed E-state index contributed by atoms with van der Waals surface area (Å²) in [5.74, 6) is -8.89. The van der Waals surface area contributed by atoms with Crippen LogP contribution in [0.3, 0.4) is 0 Å². The summed E-state index contributed by atoms with van der Waals surface area (Å²) in [5, 5.41) is 18.6. The van der Waals surface area contributed by atoms with Gasteiger partial charge in [-0.25, -0.2) is 31.3 Å². The molecule has 0 aliphatic heterocycles. The van der Waals surface area contributed by atoms with Crippen molar-refractivity contribution in [3.63, 3.8) is 0 Å². The van der Waals surface area contributed by atoms with Gasteiger partial charge in [0, 0.05) is 35.6 Å². The number of benzene rings is 2. The number of nitrogens with zero attached hydrogens (tertiary/aromatic N) is 5. The van der Waals surface area contributed by atoms with Crippen LogP contribution in [0, 0.1) is 23.6 Å². The lowest BCUT2D eigenvalue weighted by molar-refractivity contribution is -0.176. The number of alkyl halides is 7. The van der Waals surface area contributed by atoms with Crippen molar-refractivity contribution in [2.75, 3.05) is 11.0 Å². The van der Waals surface area contributed by atoms with Crippen LogP contribution in [0.15, 0.2) is 48.5 Å². The first-order valence-corrected chi connectivity index (χ1v) is 20.0. The van der Waals surface area contributed by atoms with Gasteiger partial charge in [0.1, 0.15) is 28.8 Å². The summed E-state index contributed by atoms with van der Waals surface area (Å²) in [7, 11) is -2.49. The predicted octanol–water partition coefficient (Wildman–Crippen LogP) is 6.79. The summed E-state index contributed by atoms with van der Waals surface area (Å²) in [4.78, 5) is 18.4. The van der Waals surface area contributed by atoms with Gasteiger partial charge in [0.15, 0.2) is 11.5 Å². The van der Waals surface area contributed by atoms with Crippen LogP contribution in [0.25, 0.3) is 22.0 Å². The Balaban J connectivity index is 1.42. The molecule has 4 N–H and O–H groups in total. The van der Waals surface area contributed by atoms with Gasteiger partial charge >= 0.3 is 6.18 Å². The number of fused-ring (bicyclic) bond motifs is 4. The first-order valence-electron chi connectivity index (χ1n) is 17.8. The van der Waals surface area contributed by atoms with Crippen LogP contribution < -0.4 is 10.5 Å². The number of sulfonamides is 1. The lowest BCUT2D eigenvalue weighted by Crippen LogP contribution is -2.50. The topological polar surface area (TPSA) is 158 Å². The summed E-state index contributed by atoms with van der Waals surface area (Å²) in [6.07, 6.45) is -7.07. The summed E-state index contributed by atoms with van der Waals surface area (Å²) in [6, 6.07) is 8.17. The van der Waals surface area contributed by atoms with Gasteiger partial charge < -0.3 is 10.8 Å². The Morgan fingerprint density at radius 1 is 1.10 bits per heavy atom. The van der Waals surface area contributed by atoms with Crippen molar-refractivity contribution in [3.05, 3.63) is 93.3 Å². The fourth-order valence-electron chi connectivity index (χ4n) is 8.37. The molecule has 1 unspecified atom stereocenters. The molecule has 3 heterocycles. The highest BCUT2D eigenvalue weighted by Gasteiger charge is 2.69. The van der Waals surface area contributed by atoms with Gasteiger partial charge in [-0.3, -0.25) is 14.2 Å². The van der Waals surface area contributed by atoms with Crippen molar-refractivity contribution < 1.29 is 53.4 Å². The number of nitrogens with two attached hydrogens (primary N) is 1. The van der Waals surface area contributed by atoms with E-state index >= 15 is 8.78 Å². The van der Waals surface area contributed by atoms with E-state index in [1.54, 1.807) is 0 Å². The number of aromatic nitrogens is 5. The average Bonchev–Trinajstić information content (AvgIpc) is 3.63. The number of hydrogen-bond donors (Lipinski definition) is 3. The normalized spacial score (nSPS) is 20.8. The third-order valence-corrected chi connectivity index (χ3v) is 11.6. The lowest BCUT2D eigenvalue weighted by atomic mass is 9.77. The second-order valence-corrected chi connectivity index (χ2v) is 17.4. The molecule has 3 aliphatic carbocycles. The van der Waals surface area contributed by atoms with E-state index in [2.05, 4.69) is 31.7 Å². The first kappa shape index (κ1) is 40.5.